The van der Waals surface area contributed by atoms with Crippen molar-refractivity contribution >= 4 is 11.9 Å². The first-order valence-electron chi connectivity index (χ1n) is 5.57. The number of hydrogen-bond donors (Lipinski definition) is 1. The van der Waals surface area contributed by atoms with Crippen LogP contribution in [-0.4, -0.2) is 35.5 Å². The maximum absolute atomic E-state index is 11.7. The summed E-state index contributed by atoms with van der Waals surface area (Å²) in [5, 5.41) is 8.71. The largest absolute Gasteiger partial charge is 0.481 e. The minimum absolute atomic E-state index is 0.0167. The van der Waals surface area contributed by atoms with Crippen LogP contribution in [-0.2, 0) is 9.59 Å². The normalized spacial score (nSPS) is 28.6. The Morgan fingerprint density at radius 2 is 2.00 bits per heavy atom. The lowest BCUT2D eigenvalue weighted by atomic mass is 10.2. The third kappa shape index (κ3) is 2.49. The number of carbonyl (C=O) groups excluding carboxylic acids is 1. The van der Waals surface area contributed by atoms with Gasteiger partial charge in [-0.25, -0.2) is 0 Å². The van der Waals surface area contributed by atoms with Gasteiger partial charge in [-0.15, -0.1) is 0 Å². The molecule has 4 heteroatoms. The summed E-state index contributed by atoms with van der Waals surface area (Å²) >= 11 is 0. The predicted molar refractivity (Wildman–Crippen MR) is 54.2 cm³/mol. The van der Waals surface area contributed by atoms with Gasteiger partial charge in [-0.3, -0.25) is 9.59 Å². The molecule has 2 fully saturated rings. The molecule has 2 atom stereocenters. The molecule has 2 unspecified atom stereocenters. The topological polar surface area (TPSA) is 57.6 Å². The lowest BCUT2D eigenvalue weighted by Crippen LogP contribution is -2.30. The number of nitrogens with zero attached hydrogens (tertiary/aromatic N) is 1. The van der Waals surface area contributed by atoms with Gasteiger partial charge >= 0.3 is 5.97 Å². The smallest absolute Gasteiger partial charge is 0.307 e. The van der Waals surface area contributed by atoms with Gasteiger partial charge in [0.2, 0.25) is 5.91 Å². The molecule has 0 heterocycles. The van der Waals surface area contributed by atoms with E-state index in [1.165, 1.54) is 12.8 Å². The van der Waals surface area contributed by atoms with Gasteiger partial charge in [0.15, 0.2) is 0 Å². The Hall–Kier alpha value is -1.06. The molecule has 4 nitrogen and oxygen atoms in total. The number of amides is 1. The molecule has 0 radical (unpaired) electrons. The van der Waals surface area contributed by atoms with Crippen molar-refractivity contribution in [2.75, 3.05) is 13.6 Å². The second kappa shape index (κ2) is 3.83. The molecule has 2 saturated carbocycles. The third-order valence-electron chi connectivity index (χ3n) is 3.37. The number of carboxylic acid groups (broad SMARTS) is 1. The van der Waals surface area contributed by atoms with Crippen molar-refractivity contribution in [1.82, 2.24) is 4.90 Å². The number of carbonyl (C=O) groups is 2. The van der Waals surface area contributed by atoms with E-state index in [4.69, 9.17) is 5.11 Å². The number of rotatable bonds is 5. The summed E-state index contributed by atoms with van der Waals surface area (Å²) in [7, 11) is 1.78. The summed E-state index contributed by atoms with van der Waals surface area (Å²) in [5.74, 6) is -0.658. The van der Waals surface area contributed by atoms with Gasteiger partial charge in [0.25, 0.3) is 0 Å². The first kappa shape index (κ1) is 10.5. The minimum Gasteiger partial charge on any atom is -0.481 e. The standard InChI is InChI=1S/C11H17NO3/c1-12(5-4-7-2-3-7)10(13)8-6-9(8)11(14)15/h7-9H,2-6H2,1H3,(H,14,15). The summed E-state index contributed by atoms with van der Waals surface area (Å²) < 4.78 is 0. The zero-order valence-corrected chi connectivity index (χ0v) is 8.98. The molecule has 84 valence electrons. The molecule has 2 aliphatic rings. The summed E-state index contributed by atoms with van der Waals surface area (Å²) in [6.45, 7) is 0.784. The second-order valence-electron chi connectivity index (χ2n) is 4.78. The quantitative estimate of drug-likeness (QED) is 0.737. The summed E-state index contributed by atoms with van der Waals surface area (Å²) in [4.78, 5) is 24.0. The van der Waals surface area contributed by atoms with Crippen LogP contribution in [0.25, 0.3) is 0 Å². The molecule has 0 aromatic carbocycles. The van der Waals surface area contributed by atoms with Crippen molar-refractivity contribution in [3.63, 3.8) is 0 Å². The molecule has 2 rings (SSSR count). The van der Waals surface area contributed by atoms with Gasteiger partial charge in [-0.1, -0.05) is 12.8 Å². The molecule has 0 aliphatic heterocycles. The molecule has 1 N–H and O–H groups in total. The van der Waals surface area contributed by atoms with Gasteiger partial charge in [0.1, 0.15) is 0 Å². The second-order valence-corrected chi connectivity index (χ2v) is 4.78. The number of carboxylic acids is 1. The molecular weight excluding hydrogens is 194 g/mol. The average Bonchev–Trinajstić information content (AvgIpc) is 3.02. The van der Waals surface area contributed by atoms with E-state index in [1.54, 1.807) is 11.9 Å². The molecule has 0 bridgehead atoms. The van der Waals surface area contributed by atoms with E-state index in [9.17, 15) is 9.59 Å². The lowest BCUT2D eigenvalue weighted by molar-refractivity contribution is -0.141. The highest BCUT2D eigenvalue weighted by molar-refractivity contribution is 5.89. The van der Waals surface area contributed by atoms with Gasteiger partial charge in [0, 0.05) is 13.6 Å². The molecule has 1 amide bonds. The van der Waals surface area contributed by atoms with Crippen LogP contribution >= 0.6 is 0 Å². The fourth-order valence-corrected chi connectivity index (χ4v) is 1.92. The van der Waals surface area contributed by atoms with Crippen molar-refractivity contribution < 1.29 is 14.7 Å². The van der Waals surface area contributed by atoms with E-state index in [-0.39, 0.29) is 11.8 Å². The van der Waals surface area contributed by atoms with E-state index in [0.717, 1.165) is 18.9 Å². The Morgan fingerprint density at radius 3 is 2.47 bits per heavy atom. The Morgan fingerprint density at radius 1 is 1.33 bits per heavy atom. The van der Waals surface area contributed by atoms with E-state index < -0.39 is 11.9 Å². The van der Waals surface area contributed by atoms with Crippen molar-refractivity contribution in [3.05, 3.63) is 0 Å². The van der Waals surface area contributed by atoms with E-state index in [0.29, 0.717) is 6.42 Å². The zero-order valence-electron chi connectivity index (χ0n) is 8.98. The Kier molecular flexibility index (Phi) is 2.67. The molecule has 0 aromatic rings. The number of hydrogen-bond acceptors (Lipinski definition) is 2. The lowest BCUT2D eigenvalue weighted by Gasteiger charge is -2.16. The van der Waals surface area contributed by atoms with Crippen molar-refractivity contribution in [2.24, 2.45) is 17.8 Å². The SMILES string of the molecule is CN(CCC1CC1)C(=O)C1CC1C(=O)O. The van der Waals surface area contributed by atoms with Crippen molar-refractivity contribution in [1.29, 1.82) is 0 Å². The van der Waals surface area contributed by atoms with Crippen LogP contribution in [0.5, 0.6) is 0 Å². The van der Waals surface area contributed by atoms with Gasteiger partial charge in [0.05, 0.1) is 11.8 Å². The van der Waals surface area contributed by atoms with Crippen LogP contribution in [0.4, 0.5) is 0 Å². The molecule has 15 heavy (non-hydrogen) atoms. The van der Waals surface area contributed by atoms with Gasteiger partial charge in [-0.2, -0.15) is 0 Å². The fourth-order valence-electron chi connectivity index (χ4n) is 1.92. The van der Waals surface area contributed by atoms with Gasteiger partial charge < -0.3 is 10.0 Å². The highest BCUT2D eigenvalue weighted by Gasteiger charge is 2.49. The Labute approximate surface area is 89.3 Å². The molecule has 0 spiro atoms. The fraction of sp³-hybridized carbons (Fsp3) is 0.818. The molecule has 0 aromatic heterocycles. The highest BCUT2D eigenvalue weighted by Crippen LogP contribution is 2.40. The van der Waals surface area contributed by atoms with Crippen LogP contribution in [0.3, 0.4) is 0 Å². The minimum atomic E-state index is -0.830. The van der Waals surface area contributed by atoms with Crippen molar-refractivity contribution in [3.8, 4) is 0 Å². The van der Waals surface area contributed by atoms with E-state index in [2.05, 4.69) is 0 Å². The maximum atomic E-state index is 11.7. The van der Waals surface area contributed by atoms with E-state index >= 15 is 0 Å². The monoisotopic (exact) mass is 211 g/mol. The Balaban J connectivity index is 1.73. The first-order chi connectivity index (χ1) is 7.09. The van der Waals surface area contributed by atoms with Crippen LogP contribution in [0.2, 0.25) is 0 Å². The third-order valence-corrected chi connectivity index (χ3v) is 3.37. The van der Waals surface area contributed by atoms with Gasteiger partial charge in [-0.05, 0) is 18.8 Å². The molecule has 0 saturated heterocycles. The predicted octanol–water partition coefficient (Wildman–Crippen LogP) is 0.966. The summed E-state index contributed by atoms with van der Waals surface area (Å²) in [5.41, 5.74) is 0. The van der Waals surface area contributed by atoms with E-state index in [1.807, 2.05) is 0 Å². The van der Waals surface area contributed by atoms with Crippen LogP contribution in [0.1, 0.15) is 25.7 Å². The van der Waals surface area contributed by atoms with Crippen LogP contribution in [0.15, 0.2) is 0 Å². The van der Waals surface area contributed by atoms with Crippen LogP contribution < -0.4 is 0 Å². The maximum Gasteiger partial charge on any atom is 0.307 e. The first-order valence-corrected chi connectivity index (χ1v) is 5.57. The highest BCUT2D eigenvalue weighted by atomic mass is 16.4. The molecule has 2 aliphatic carbocycles. The Bertz CT molecular complexity index is 286. The average molecular weight is 211 g/mol. The number of aliphatic carboxylic acids is 1. The summed E-state index contributed by atoms with van der Waals surface area (Å²) in [6, 6.07) is 0. The van der Waals surface area contributed by atoms with Crippen molar-refractivity contribution in [2.45, 2.75) is 25.7 Å². The zero-order chi connectivity index (χ0) is 11.0. The van der Waals surface area contributed by atoms with Crippen LogP contribution in [0, 0.1) is 17.8 Å². The molecular formula is C11H17NO3. The summed E-state index contributed by atoms with van der Waals surface area (Å²) in [6.07, 6.45) is 4.20.